The molecular weight excluding hydrogens is 478 g/mol. The van der Waals surface area contributed by atoms with Crippen LogP contribution in [-0.4, -0.2) is 37.6 Å². The molecule has 0 heterocycles. The van der Waals surface area contributed by atoms with Gasteiger partial charge in [-0.2, -0.15) is 0 Å². The van der Waals surface area contributed by atoms with Crippen LogP contribution in [0.25, 0.3) is 0 Å². The summed E-state index contributed by atoms with van der Waals surface area (Å²) in [5.74, 6) is 0.0339. The van der Waals surface area contributed by atoms with E-state index in [4.69, 9.17) is 4.74 Å². The molecule has 0 spiro atoms. The summed E-state index contributed by atoms with van der Waals surface area (Å²) in [6.45, 7) is 15.3. The van der Waals surface area contributed by atoms with E-state index in [1.54, 1.807) is 0 Å². The smallest absolute Gasteiger partial charge is 0.306 e. The third kappa shape index (κ3) is 28.7. The van der Waals surface area contributed by atoms with Gasteiger partial charge < -0.3 is 9.64 Å². The van der Waals surface area contributed by atoms with Crippen molar-refractivity contribution in [3.63, 3.8) is 0 Å². The van der Waals surface area contributed by atoms with E-state index in [9.17, 15) is 4.79 Å². The molecule has 0 amide bonds. The minimum atomic E-state index is 0.0339. The average molecular weight is 552 g/mol. The van der Waals surface area contributed by atoms with Crippen LogP contribution >= 0.6 is 0 Å². The van der Waals surface area contributed by atoms with Gasteiger partial charge in [-0.05, 0) is 89.3 Å². The van der Waals surface area contributed by atoms with E-state index in [2.05, 4.69) is 60.5 Å². The summed E-state index contributed by atoms with van der Waals surface area (Å²) >= 11 is 0. The van der Waals surface area contributed by atoms with Gasteiger partial charge in [0.15, 0.2) is 0 Å². The van der Waals surface area contributed by atoms with Crippen molar-refractivity contribution >= 4 is 5.97 Å². The molecule has 0 aromatic rings. The van der Waals surface area contributed by atoms with Crippen LogP contribution in [0.4, 0.5) is 0 Å². The monoisotopic (exact) mass is 552 g/mol. The lowest BCUT2D eigenvalue weighted by Gasteiger charge is -2.24. The zero-order chi connectivity index (χ0) is 29.4. The highest BCUT2D eigenvalue weighted by molar-refractivity contribution is 5.69. The largest absolute Gasteiger partial charge is 0.462 e. The van der Waals surface area contributed by atoms with Crippen LogP contribution < -0.4 is 0 Å². The molecule has 0 saturated heterocycles. The lowest BCUT2D eigenvalue weighted by Crippen LogP contribution is -2.18. The molecule has 0 aliphatic carbocycles. The van der Waals surface area contributed by atoms with E-state index in [-0.39, 0.29) is 12.1 Å². The molecule has 0 aromatic heterocycles. The standard InChI is InChI=1S/C36H73NO2/c1-9-10-11-12-13-15-23-30-36(5,6)31-24-16-14-19-26-33(27-20-17-22-29-35(2,3)4)39-34(38)28-21-18-25-32-37(7)8/h33H,9-32H2,1-8H3. The Morgan fingerprint density at radius 2 is 1.08 bits per heavy atom. The van der Waals surface area contributed by atoms with Crippen LogP contribution in [0, 0.1) is 10.8 Å². The number of carbonyl (C=O) groups excluding carboxylic acids is 1. The molecule has 3 heteroatoms. The van der Waals surface area contributed by atoms with Crippen LogP contribution in [0.15, 0.2) is 0 Å². The molecular formula is C36H73NO2. The maximum atomic E-state index is 12.6. The van der Waals surface area contributed by atoms with Crippen molar-refractivity contribution < 1.29 is 9.53 Å². The average Bonchev–Trinajstić information content (AvgIpc) is 2.84. The minimum absolute atomic E-state index is 0.0339. The fourth-order valence-corrected chi connectivity index (χ4v) is 5.60. The molecule has 3 nitrogen and oxygen atoms in total. The van der Waals surface area contributed by atoms with Gasteiger partial charge in [-0.3, -0.25) is 4.79 Å². The predicted molar refractivity (Wildman–Crippen MR) is 174 cm³/mol. The first-order chi connectivity index (χ1) is 18.4. The van der Waals surface area contributed by atoms with E-state index < -0.39 is 0 Å². The maximum Gasteiger partial charge on any atom is 0.306 e. The van der Waals surface area contributed by atoms with E-state index in [0.29, 0.717) is 17.3 Å². The summed E-state index contributed by atoms with van der Waals surface area (Å²) in [5, 5.41) is 0. The Labute approximate surface area is 247 Å². The molecule has 0 rings (SSSR count). The molecule has 0 fully saturated rings. The molecule has 0 saturated carbocycles. The van der Waals surface area contributed by atoms with Gasteiger partial charge in [0, 0.05) is 6.42 Å². The van der Waals surface area contributed by atoms with Gasteiger partial charge in [0.05, 0.1) is 0 Å². The minimum Gasteiger partial charge on any atom is -0.462 e. The number of rotatable bonds is 27. The van der Waals surface area contributed by atoms with Crippen molar-refractivity contribution in [3.05, 3.63) is 0 Å². The molecule has 0 aliphatic rings. The van der Waals surface area contributed by atoms with Gasteiger partial charge in [-0.25, -0.2) is 0 Å². The summed E-state index contributed by atoms with van der Waals surface area (Å²) in [6, 6.07) is 0. The van der Waals surface area contributed by atoms with Gasteiger partial charge in [0.25, 0.3) is 0 Å². The van der Waals surface area contributed by atoms with Crippen LogP contribution in [-0.2, 0) is 9.53 Å². The molecule has 0 radical (unpaired) electrons. The second-order valence-electron chi connectivity index (χ2n) is 14.9. The Morgan fingerprint density at radius 1 is 0.615 bits per heavy atom. The second-order valence-corrected chi connectivity index (χ2v) is 14.9. The number of unbranched alkanes of at least 4 members (excludes halogenated alkanes) is 13. The molecule has 1 atom stereocenters. The third-order valence-corrected chi connectivity index (χ3v) is 8.32. The van der Waals surface area contributed by atoms with Crippen LogP contribution in [0.1, 0.15) is 189 Å². The summed E-state index contributed by atoms with van der Waals surface area (Å²) in [6.07, 6.45) is 28.7. The number of hydrogen-bond donors (Lipinski definition) is 0. The summed E-state index contributed by atoms with van der Waals surface area (Å²) in [4.78, 5) is 14.8. The highest BCUT2D eigenvalue weighted by Crippen LogP contribution is 2.31. The Morgan fingerprint density at radius 3 is 1.62 bits per heavy atom. The number of carbonyl (C=O) groups is 1. The molecule has 0 aliphatic heterocycles. The first-order valence-corrected chi connectivity index (χ1v) is 17.3. The number of ether oxygens (including phenoxy) is 1. The fourth-order valence-electron chi connectivity index (χ4n) is 5.60. The van der Waals surface area contributed by atoms with Crippen molar-refractivity contribution in [1.82, 2.24) is 4.90 Å². The summed E-state index contributed by atoms with van der Waals surface area (Å²) in [5.41, 5.74) is 0.905. The van der Waals surface area contributed by atoms with Crippen LogP contribution in [0.3, 0.4) is 0 Å². The number of esters is 1. The van der Waals surface area contributed by atoms with Crippen molar-refractivity contribution in [2.45, 2.75) is 195 Å². The van der Waals surface area contributed by atoms with Crippen LogP contribution in [0.2, 0.25) is 0 Å². The number of hydrogen-bond acceptors (Lipinski definition) is 3. The summed E-state index contributed by atoms with van der Waals surface area (Å²) < 4.78 is 6.02. The number of nitrogens with zero attached hydrogens (tertiary/aromatic N) is 1. The summed E-state index contributed by atoms with van der Waals surface area (Å²) in [7, 11) is 4.22. The molecule has 1 unspecified atom stereocenters. The quantitative estimate of drug-likeness (QED) is 0.0751. The zero-order valence-electron chi connectivity index (χ0n) is 28.3. The van der Waals surface area contributed by atoms with Gasteiger partial charge >= 0.3 is 5.97 Å². The highest BCUT2D eigenvalue weighted by atomic mass is 16.5. The van der Waals surface area contributed by atoms with Crippen molar-refractivity contribution in [1.29, 1.82) is 0 Å². The Hall–Kier alpha value is -0.570. The normalized spacial score (nSPS) is 13.3. The Balaban J connectivity index is 4.22. The van der Waals surface area contributed by atoms with E-state index >= 15 is 0 Å². The first kappa shape index (κ1) is 38.4. The van der Waals surface area contributed by atoms with Crippen LogP contribution in [0.5, 0.6) is 0 Å². The molecule has 0 aromatic carbocycles. The third-order valence-electron chi connectivity index (χ3n) is 8.32. The molecule has 39 heavy (non-hydrogen) atoms. The van der Waals surface area contributed by atoms with E-state index in [1.165, 1.54) is 109 Å². The second kappa shape index (κ2) is 24.1. The Kier molecular flexibility index (Phi) is 23.7. The topological polar surface area (TPSA) is 29.5 Å². The van der Waals surface area contributed by atoms with Crippen molar-refractivity contribution in [3.8, 4) is 0 Å². The van der Waals surface area contributed by atoms with E-state index in [1.807, 2.05) is 0 Å². The first-order valence-electron chi connectivity index (χ1n) is 17.3. The molecule has 0 bridgehead atoms. The molecule has 0 N–H and O–H groups in total. The Bertz CT molecular complexity index is 549. The fraction of sp³-hybridized carbons (Fsp3) is 0.972. The van der Waals surface area contributed by atoms with E-state index in [0.717, 1.165) is 38.6 Å². The van der Waals surface area contributed by atoms with Gasteiger partial charge in [-0.1, -0.05) is 125 Å². The lowest BCUT2D eigenvalue weighted by molar-refractivity contribution is -0.150. The van der Waals surface area contributed by atoms with Crippen molar-refractivity contribution in [2.75, 3.05) is 20.6 Å². The SMILES string of the molecule is CCCCCCCCCC(C)(C)CCCCCCC(CCCCCC(C)(C)C)OC(=O)CCCCCN(C)C. The van der Waals surface area contributed by atoms with Gasteiger partial charge in [0.1, 0.15) is 6.10 Å². The predicted octanol–water partition coefficient (Wildman–Crippen LogP) is 11.5. The van der Waals surface area contributed by atoms with Crippen molar-refractivity contribution in [2.24, 2.45) is 10.8 Å². The highest BCUT2D eigenvalue weighted by Gasteiger charge is 2.18. The van der Waals surface area contributed by atoms with Gasteiger partial charge in [0.2, 0.25) is 0 Å². The zero-order valence-corrected chi connectivity index (χ0v) is 28.3. The van der Waals surface area contributed by atoms with Gasteiger partial charge in [-0.15, -0.1) is 0 Å². The maximum absolute atomic E-state index is 12.6. The lowest BCUT2D eigenvalue weighted by atomic mass is 9.81. The molecule has 234 valence electrons.